The van der Waals surface area contributed by atoms with Gasteiger partial charge in [-0.05, 0) is 24.0 Å². The molecule has 0 aliphatic rings. The van der Waals surface area contributed by atoms with E-state index in [0.29, 0.717) is 5.56 Å². The zero-order valence-corrected chi connectivity index (χ0v) is 16.2. The van der Waals surface area contributed by atoms with Gasteiger partial charge in [0.15, 0.2) is 4.34 Å². The number of hydrogen-bond donors (Lipinski definition) is 1. The number of carbonyl (C=O) groups is 1. The number of anilines is 1. The summed E-state index contributed by atoms with van der Waals surface area (Å²) in [5.74, 6) is 0.811. The first-order valence-electron chi connectivity index (χ1n) is 7.43. The summed E-state index contributed by atoms with van der Waals surface area (Å²) >= 11 is 6.59. The second-order valence-corrected chi connectivity index (χ2v) is 8.35. The molecule has 2 aromatic carbocycles. The van der Waals surface area contributed by atoms with Crippen LogP contribution in [0.2, 0.25) is 0 Å². The zero-order valence-electron chi connectivity index (χ0n) is 13.0. The molecule has 1 heterocycles. The van der Waals surface area contributed by atoms with Gasteiger partial charge in [0.05, 0.1) is 0 Å². The Morgan fingerprint density at radius 2 is 2.00 bits per heavy atom. The Kier molecular flexibility index (Phi) is 5.71. The van der Waals surface area contributed by atoms with Gasteiger partial charge in [0, 0.05) is 15.6 Å². The third kappa shape index (κ3) is 4.06. The van der Waals surface area contributed by atoms with E-state index in [1.165, 1.54) is 11.3 Å². The van der Waals surface area contributed by atoms with Gasteiger partial charge in [0.1, 0.15) is 10.7 Å². The van der Waals surface area contributed by atoms with Gasteiger partial charge in [-0.2, -0.15) is 0 Å². The molecule has 6 heteroatoms. The van der Waals surface area contributed by atoms with Gasteiger partial charge >= 0.3 is 0 Å². The third-order valence-electron chi connectivity index (χ3n) is 3.24. The van der Waals surface area contributed by atoms with E-state index in [1.54, 1.807) is 23.9 Å². The van der Waals surface area contributed by atoms with Gasteiger partial charge in [0.2, 0.25) is 0 Å². The van der Waals surface area contributed by atoms with Crippen LogP contribution in [0.5, 0.6) is 0 Å². The van der Waals surface area contributed by atoms with Crippen molar-refractivity contribution in [2.45, 2.75) is 11.3 Å². The lowest BCUT2D eigenvalue weighted by Crippen LogP contribution is -2.11. The van der Waals surface area contributed by atoms with E-state index < -0.39 is 0 Å². The first-order valence-corrected chi connectivity index (χ1v) is 10.0. The Morgan fingerprint density at radius 3 is 2.71 bits per heavy atom. The van der Waals surface area contributed by atoms with E-state index in [4.69, 9.17) is 4.98 Å². The summed E-state index contributed by atoms with van der Waals surface area (Å²) in [4.78, 5) is 17.2. The lowest BCUT2D eigenvalue weighted by Gasteiger charge is -2.05. The molecule has 3 rings (SSSR count). The smallest absolute Gasteiger partial charge is 0.256 e. The summed E-state index contributed by atoms with van der Waals surface area (Å²) in [6.07, 6.45) is 0. The highest BCUT2D eigenvalue weighted by atomic mass is 79.9. The molecule has 0 spiro atoms. The molecule has 122 valence electrons. The average Bonchev–Trinajstić information content (AvgIpc) is 2.98. The maximum atomic E-state index is 12.6. The van der Waals surface area contributed by atoms with E-state index in [1.807, 2.05) is 42.5 Å². The molecule has 0 saturated heterocycles. The highest BCUT2D eigenvalue weighted by Crippen LogP contribution is 2.37. The Hall–Kier alpha value is -1.63. The fourth-order valence-electron chi connectivity index (χ4n) is 2.17. The lowest BCUT2D eigenvalue weighted by atomic mass is 10.1. The monoisotopic (exact) mass is 418 g/mol. The Bertz CT molecular complexity index is 849. The standard InChI is InChI=1S/C18H15BrN2OS2/c1-2-23-18-20-15(12-7-4-3-5-8-12)17(24-18)21-16(22)13-9-6-10-14(19)11-13/h3-11H,2H2,1H3,(H,21,22). The van der Waals surface area contributed by atoms with Crippen LogP contribution in [0.3, 0.4) is 0 Å². The third-order valence-corrected chi connectivity index (χ3v) is 5.73. The number of benzene rings is 2. The lowest BCUT2D eigenvalue weighted by molar-refractivity contribution is 0.102. The van der Waals surface area contributed by atoms with Gasteiger partial charge in [-0.3, -0.25) is 4.79 Å². The molecule has 0 saturated carbocycles. The molecular weight excluding hydrogens is 404 g/mol. The number of carbonyl (C=O) groups excluding carboxylic acids is 1. The number of nitrogens with one attached hydrogen (secondary N) is 1. The van der Waals surface area contributed by atoms with Crippen molar-refractivity contribution in [1.29, 1.82) is 0 Å². The minimum absolute atomic E-state index is 0.134. The zero-order chi connectivity index (χ0) is 16.9. The highest BCUT2D eigenvalue weighted by molar-refractivity contribution is 9.10. The summed E-state index contributed by atoms with van der Waals surface area (Å²) in [7, 11) is 0. The van der Waals surface area contributed by atoms with Crippen LogP contribution in [-0.2, 0) is 0 Å². The highest BCUT2D eigenvalue weighted by Gasteiger charge is 2.16. The van der Waals surface area contributed by atoms with Crippen molar-refractivity contribution < 1.29 is 4.79 Å². The molecule has 3 aromatic rings. The second-order valence-electron chi connectivity index (χ2n) is 4.92. The summed E-state index contributed by atoms with van der Waals surface area (Å²) < 4.78 is 1.84. The van der Waals surface area contributed by atoms with Crippen molar-refractivity contribution >= 4 is 49.9 Å². The Morgan fingerprint density at radius 1 is 1.21 bits per heavy atom. The quantitative estimate of drug-likeness (QED) is 0.521. The van der Waals surface area contributed by atoms with E-state index in [0.717, 1.165) is 30.8 Å². The minimum Gasteiger partial charge on any atom is -0.312 e. The first-order chi connectivity index (χ1) is 11.7. The molecule has 1 N–H and O–H groups in total. The molecule has 0 aliphatic carbocycles. The van der Waals surface area contributed by atoms with Crippen LogP contribution in [0.15, 0.2) is 63.4 Å². The minimum atomic E-state index is -0.134. The van der Waals surface area contributed by atoms with Crippen molar-refractivity contribution in [2.24, 2.45) is 0 Å². The van der Waals surface area contributed by atoms with Crippen LogP contribution in [-0.4, -0.2) is 16.6 Å². The predicted octanol–water partition coefficient (Wildman–Crippen LogP) is 5.94. The van der Waals surface area contributed by atoms with Gasteiger partial charge in [-0.15, -0.1) is 0 Å². The molecule has 1 amide bonds. The normalized spacial score (nSPS) is 10.6. The van der Waals surface area contributed by atoms with E-state index in [9.17, 15) is 4.79 Å². The van der Waals surface area contributed by atoms with Gasteiger partial charge in [0.25, 0.3) is 5.91 Å². The summed E-state index contributed by atoms with van der Waals surface area (Å²) in [5.41, 5.74) is 2.43. The fraction of sp³-hybridized carbons (Fsp3) is 0.111. The Labute approximate surface area is 157 Å². The predicted molar refractivity (Wildman–Crippen MR) is 106 cm³/mol. The Balaban J connectivity index is 1.93. The molecule has 3 nitrogen and oxygen atoms in total. The van der Waals surface area contributed by atoms with Crippen LogP contribution in [0.25, 0.3) is 11.3 Å². The topological polar surface area (TPSA) is 42.0 Å². The molecule has 1 aromatic heterocycles. The molecule has 0 bridgehead atoms. The van der Waals surface area contributed by atoms with Crippen LogP contribution in [0.4, 0.5) is 5.00 Å². The number of hydrogen-bond acceptors (Lipinski definition) is 4. The summed E-state index contributed by atoms with van der Waals surface area (Å²) in [6, 6.07) is 17.3. The number of nitrogens with zero attached hydrogens (tertiary/aromatic N) is 1. The van der Waals surface area contributed by atoms with E-state index in [-0.39, 0.29) is 5.91 Å². The van der Waals surface area contributed by atoms with Crippen LogP contribution < -0.4 is 5.32 Å². The molecule has 0 radical (unpaired) electrons. The van der Waals surface area contributed by atoms with E-state index >= 15 is 0 Å². The van der Waals surface area contributed by atoms with Gasteiger partial charge < -0.3 is 5.32 Å². The van der Waals surface area contributed by atoms with Gasteiger partial charge in [-0.25, -0.2) is 4.98 Å². The fourth-order valence-corrected chi connectivity index (χ4v) is 4.52. The maximum absolute atomic E-state index is 12.6. The molecule has 0 fully saturated rings. The van der Waals surface area contributed by atoms with Crippen molar-refractivity contribution in [1.82, 2.24) is 4.98 Å². The van der Waals surface area contributed by atoms with E-state index in [2.05, 4.69) is 28.2 Å². The number of rotatable bonds is 5. The van der Waals surface area contributed by atoms with Gasteiger partial charge in [-0.1, -0.05) is 82.4 Å². The summed E-state index contributed by atoms with van der Waals surface area (Å²) in [6.45, 7) is 2.09. The molecule has 24 heavy (non-hydrogen) atoms. The number of amides is 1. The first kappa shape index (κ1) is 17.2. The molecule has 0 unspecified atom stereocenters. The van der Waals surface area contributed by atoms with Crippen molar-refractivity contribution in [3.63, 3.8) is 0 Å². The molecular formula is C18H15BrN2OS2. The maximum Gasteiger partial charge on any atom is 0.256 e. The number of aromatic nitrogens is 1. The van der Waals surface area contributed by atoms with Crippen LogP contribution in [0.1, 0.15) is 17.3 Å². The number of halogens is 1. The molecule has 0 aliphatic heterocycles. The average molecular weight is 419 g/mol. The SMILES string of the molecule is CCSc1nc(-c2ccccc2)c(NC(=O)c2cccc(Br)c2)s1. The van der Waals surface area contributed by atoms with Crippen molar-refractivity contribution in [2.75, 3.05) is 11.1 Å². The molecule has 0 atom stereocenters. The van der Waals surface area contributed by atoms with Crippen molar-refractivity contribution in [3.8, 4) is 11.3 Å². The van der Waals surface area contributed by atoms with Crippen LogP contribution in [0, 0.1) is 0 Å². The van der Waals surface area contributed by atoms with Crippen LogP contribution >= 0.6 is 39.0 Å². The van der Waals surface area contributed by atoms with Crippen molar-refractivity contribution in [3.05, 3.63) is 64.6 Å². The number of thioether (sulfide) groups is 1. The largest absolute Gasteiger partial charge is 0.312 e. The second kappa shape index (κ2) is 7.96. The number of thiazole rings is 1. The summed E-state index contributed by atoms with van der Waals surface area (Å²) in [5, 5.41) is 3.79.